The van der Waals surface area contributed by atoms with Gasteiger partial charge in [-0.3, -0.25) is 9.89 Å². The van der Waals surface area contributed by atoms with E-state index >= 15 is 0 Å². The summed E-state index contributed by atoms with van der Waals surface area (Å²) >= 11 is 0. The van der Waals surface area contributed by atoms with E-state index in [1.54, 1.807) is 4.90 Å². The number of aromatic amines is 1. The van der Waals surface area contributed by atoms with Gasteiger partial charge < -0.3 is 9.80 Å². The number of halogens is 2. The normalized spacial score (nSPS) is 21.7. The second kappa shape index (κ2) is 6.54. The predicted octanol–water partition coefficient (Wildman–Crippen LogP) is 2.32. The van der Waals surface area contributed by atoms with E-state index in [-0.39, 0.29) is 22.7 Å². The molecule has 1 aliphatic carbocycles. The van der Waals surface area contributed by atoms with E-state index in [9.17, 15) is 13.6 Å². The third-order valence-corrected chi connectivity index (χ3v) is 5.54. The van der Waals surface area contributed by atoms with Gasteiger partial charge in [0, 0.05) is 38.8 Å². The monoisotopic (exact) mass is 376 g/mol. The number of H-pyrrole nitrogens is 1. The molecule has 1 aliphatic heterocycles. The van der Waals surface area contributed by atoms with Crippen LogP contribution in [0, 0.1) is 0 Å². The fourth-order valence-corrected chi connectivity index (χ4v) is 4.17. The van der Waals surface area contributed by atoms with Crippen LogP contribution in [0.1, 0.15) is 53.1 Å². The molecule has 1 spiro atoms. The molecule has 1 saturated heterocycles. The summed E-state index contributed by atoms with van der Waals surface area (Å²) in [7, 11) is 3.80. The van der Waals surface area contributed by atoms with E-state index in [1.807, 2.05) is 25.2 Å². The van der Waals surface area contributed by atoms with Crippen LogP contribution < -0.4 is 4.90 Å². The first-order valence-electron chi connectivity index (χ1n) is 9.06. The molecular formula is C18H22F2N6O. The molecule has 144 valence electrons. The number of alkyl halides is 2. The maximum Gasteiger partial charge on any atom is 0.279 e. The number of piperidine rings is 1. The first-order valence-corrected chi connectivity index (χ1v) is 9.06. The average Bonchev–Trinajstić information content (AvgIpc) is 3.27. The van der Waals surface area contributed by atoms with Crippen molar-refractivity contribution in [2.45, 2.75) is 37.5 Å². The number of hydrogen-bond acceptors (Lipinski definition) is 5. The lowest BCUT2D eigenvalue weighted by Crippen LogP contribution is -2.48. The Morgan fingerprint density at radius 2 is 2.19 bits per heavy atom. The van der Waals surface area contributed by atoms with Crippen molar-refractivity contribution in [3.8, 4) is 0 Å². The molecule has 0 saturated carbocycles. The van der Waals surface area contributed by atoms with E-state index in [0.717, 1.165) is 43.0 Å². The van der Waals surface area contributed by atoms with Gasteiger partial charge in [0.25, 0.3) is 12.3 Å². The van der Waals surface area contributed by atoms with Gasteiger partial charge in [0.05, 0.1) is 5.69 Å². The van der Waals surface area contributed by atoms with Crippen LogP contribution in [0.2, 0.25) is 0 Å². The van der Waals surface area contributed by atoms with Crippen molar-refractivity contribution in [1.29, 1.82) is 0 Å². The van der Waals surface area contributed by atoms with E-state index in [4.69, 9.17) is 4.98 Å². The molecule has 0 bridgehead atoms. The fourth-order valence-electron chi connectivity index (χ4n) is 4.17. The van der Waals surface area contributed by atoms with Crippen LogP contribution in [0.4, 0.5) is 14.7 Å². The average molecular weight is 376 g/mol. The van der Waals surface area contributed by atoms with Crippen LogP contribution in [-0.2, 0) is 11.8 Å². The lowest BCUT2D eigenvalue weighted by atomic mass is 9.77. The Labute approximate surface area is 155 Å². The summed E-state index contributed by atoms with van der Waals surface area (Å²) in [6, 6.07) is 1.14. The first kappa shape index (κ1) is 17.8. The number of aromatic nitrogens is 4. The second-order valence-corrected chi connectivity index (χ2v) is 7.56. The van der Waals surface area contributed by atoms with Gasteiger partial charge in [0.1, 0.15) is 5.69 Å². The number of hydrogen-bond donors (Lipinski definition) is 1. The third-order valence-electron chi connectivity index (χ3n) is 5.54. The largest absolute Gasteiger partial charge is 0.347 e. The lowest BCUT2D eigenvalue weighted by molar-refractivity contribution is 0.0627. The number of anilines is 1. The van der Waals surface area contributed by atoms with Gasteiger partial charge in [-0.2, -0.15) is 5.10 Å². The Hall–Kier alpha value is -2.58. The molecule has 1 N–H and O–H groups in total. The van der Waals surface area contributed by atoms with Crippen LogP contribution in [0.15, 0.2) is 12.3 Å². The Kier molecular flexibility index (Phi) is 4.32. The van der Waals surface area contributed by atoms with Crippen LogP contribution in [0.5, 0.6) is 0 Å². The summed E-state index contributed by atoms with van der Waals surface area (Å²) in [6.45, 7) is 1.12. The van der Waals surface area contributed by atoms with Gasteiger partial charge in [-0.25, -0.2) is 18.7 Å². The molecular weight excluding hydrogens is 354 g/mol. The first-order chi connectivity index (χ1) is 12.9. The van der Waals surface area contributed by atoms with E-state index in [1.165, 1.54) is 0 Å². The van der Waals surface area contributed by atoms with Gasteiger partial charge in [-0.1, -0.05) is 0 Å². The SMILES string of the molecule is CN(C)c1ncc2c(n1)C1(CCCN(C(=O)c3cc(C(F)F)[nH]n3)C1)CC2. The highest BCUT2D eigenvalue weighted by Gasteiger charge is 2.45. The highest BCUT2D eigenvalue weighted by Crippen LogP contribution is 2.44. The molecule has 3 heterocycles. The third kappa shape index (κ3) is 3.04. The van der Waals surface area contributed by atoms with Gasteiger partial charge >= 0.3 is 0 Å². The van der Waals surface area contributed by atoms with Gasteiger partial charge in [-0.05, 0) is 37.3 Å². The number of nitrogens with one attached hydrogen (secondary N) is 1. The summed E-state index contributed by atoms with van der Waals surface area (Å²) < 4.78 is 25.6. The summed E-state index contributed by atoms with van der Waals surface area (Å²) in [5, 5.41) is 6.03. The van der Waals surface area contributed by atoms with Crippen molar-refractivity contribution in [2.75, 3.05) is 32.1 Å². The predicted molar refractivity (Wildman–Crippen MR) is 95.0 cm³/mol. The smallest absolute Gasteiger partial charge is 0.279 e. The Bertz CT molecular complexity index is 863. The van der Waals surface area contributed by atoms with Crippen molar-refractivity contribution in [3.05, 3.63) is 34.9 Å². The zero-order valence-electron chi connectivity index (χ0n) is 15.4. The second-order valence-electron chi connectivity index (χ2n) is 7.56. The van der Waals surface area contributed by atoms with Crippen molar-refractivity contribution in [2.24, 2.45) is 0 Å². The van der Waals surface area contributed by atoms with E-state index in [0.29, 0.717) is 19.0 Å². The maximum absolute atomic E-state index is 12.8. The topological polar surface area (TPSA) is 78.0 Å². The van der Waals surface area contributed by atoms with Gasteiger partial charge in [0.15, 0.2) is 5.69 Å². The standard InChI is InChI=1S/C18H22F2N6O/c1-25(2)17-21-9-11-4-6-18(14(11)22-17)5-3-7-26(10-18)16(27)13-8-12(15(19)20)23-24-13/h8-9,15H,3-7,10H2,1-2H3,(H,23,24). The fraction of sp³-hybridized carbons (Fsp3) is 0.556. The van der Waals surface area contributed by atoms with E-state index < -0.39 is 6.43 Å². The van der Waals surface area contributed by atoms with Crippen molar-refractivity contribution in [3.63, 3.8) is 0 Å². The zero-order valence-corrected chi connectivity index (χ0v) is 15.4. The molecule has 1 unspecified atom stereocenters. The number of likely N-dealkylation sites (tertiary alicyclic amines) is 1. The molecule has 2 aliphatic rings. The molecule has 0 radical (unpaired) electrons. The number of amides is 1. The summed E-state index contributed by atoms with van der Waals surface area (Å²) in [4.78, 5) is 25.6. The zero-order chi connectivity index (χ0) is 19.2. The minimum Gasteiger partial charge on any atom is -0.347 e. The molecule has 1 amide bonds. The van der Waals surface area contributed by atoms with Gasteiger partial charge in [-0.15, -0.1) is 0 Å². The van der Waals surface area contributed by atoms with Crippen molar-refractivity contribution in [1.82, 2.24) is 25.1 Å². The molecule has 2 aromatic heterocycles. The number of nitrogens with zero attached hydrogens (tertiary/aromatic N) is 5. The van der Waals surface area contributed by atoms with Crippen LogP contribution in [-0.4, -0.2) is 58.2 Å². The van der Waals surface area contributed by atoms with Gasteiger partial charge in [0.2, 0.25) is 5.95 Å². The minimum absolute atomic E-state index is 0.0391. The van der Waals surface area contributed by atoms with Crippen LogP contribution >= 0.6 is 0 Å². The number of carbonyl (C=O) groups is 1. The Morgan fingerprint density at radius 1 is 1.37 bits per heavy atom. The number of fused-ring (bicyclic) bond motifs is 2. The van der Waals surface area contributed by atoms with E-state index in [2.05, 4.69) is 15.2 Å². The molecule has 1 atom stereocenters. The number of carbonyl (C=O) groups excluding carboxylic acids is 1. The van der Waals surface area contributed by atoms with Crippen LogP contribution in [0.3, 0.4) is 0 Å². The molecule has 4 rings (SSSR count). The summed E-state index contributed by atoms with van der Waals surface area (Å²) in [6.07, 6.45) is 2.82. The molecule has 1 fully saturated rings. The quantitative estimate of drug-likeness (QED) is 0.890. The molecule has 7 nitrogen and oxygen atoms in total. The minimum atomic E-state index is -2.67. The molecule has 9 heteroatoms. The summed E-state index contributed by atoms with van der Waals surface area (Å²) in [5.41, 5.74) is 1.67. The van der Waals surface area contributed by atoms with Crippen molar-refractivity contribution >= 4 is 11.9 Å². The highest BCUT2D eigenvalue weighted by atomic mass is 19.3. The Balaban J connectivity index is 1.60. The lowest BCUT2D eigenvalue weighted by Gasteiger charge is -2.40. The Morgan fingerprint density at radius 3 is 2.89 bits per heavy atom. The molecule has 2 aromatic rings. The number of aryl methyl sites for hydroxylation is 1. The summed E-state index contributed by atoms with van der Waals surface area (Å²) in [5.74, 6) is 0.347. The number of rotatable bonds is 3. The molecule has 0 aromatic carbocycles. The maximum atomic E-state index is 12.8. The van der Waals surface area contributed by atoms with Crippen LogP contribution in [0.25, 0.3) is 0 Å². The highest BCUT2D eigenvalue weighted by molar-refractivity contribution is 5.92. The molecule has 27 heavy (non-hydrogen) atoms. The van der Waals surface area contributed by atoms with Crippen molar-refractivity contribution < 1.29 is 13.6 Å².